The highest BCUT2D eigenvalue weighted by Crippen LogP contribution is 2.37. The molecular formula is C20H16ClIN2O4S. The standard InChI is InChI=1S/C20H16ClIN2O4S/c1-11(25)23-20-24-19(26)17(29-20)9-12-7-15(22)18(16(8-12)27-2)28-10-13-5-3-4-6-14(13)21/h3-9H,10H2,1-2H3,(H,23,24,25,26)/b17-9-. The van der Waals surface area contributed by atoms with Crippen LogP contribution in [0.15, 0.2) is 46.3 Å². The first-order chi connectivity index (χ1) is 13.9. The zero-order valence-corrected chi connectivity index (χ0v) is 19.2. The second-order valence-electron chi connectivity index (χ2n) is 5.93. The van der Waals surface area contributed by atoms with Gasteiger partial charge in [0.2, 0.25) is 5.91 Å². The molecule has 2 aromatic carbocycles. The molecule has 0 spiro atoms. The molecule has 0 bridgehead atoms. The normalized spacial score (nSPS) is 14.7. The molecule has 0 fully saturated rings. The Kier molecular flexibility index (Phi) is 7.20. The van der Waals surface area contributed by atoms with Gasteiger partial charge >= 0.3 is 0 Å². The van der Waals surface area contributed by atoms with Gasteiger partial charge in [-0.3, -0.25) is 9.59 Å². The number of hydrogen-bond donors (Lipinski definition) is 1. The van der Waals surface area contributed by atoms with Crippen LogP contribution in [0.5, 0.6) is 11.5 Å². The van der Waals surface area contributed by atoms with E-state index in [1.165, 1.54) is 6.92 Å². The maximum absolute atomic E-state index is 12.1. The van der Waals surface area contributed by atoms with Gasteiger partial charge in [-0.1, -0.05) is 29.8 Å². The Balaban J connectivity index is 1.81. The van der Waals surface area contributed by atoms with Crippen LogP contribution in [0.3, 0.4) is 0 Å². The smallest absolute Gasteiger partial charge is 0.286 e. The average Bonchev–Trinajstić information content (AvgIpc) is 2.99. The van der Waals surface area contributed by atoms with E-state index in [-0.39, 0.29) is 11.1 Å². The fourth-order valence-electron chi connectivity index (χ4n) is 2.49. The molecule has 0 aromatic heterocycles. The molecule has 29 heavy (non-hydrogen) atoms. The van der Waals surface area contributed by atoms with Gasteiger partial charge in [0, 0.05) is 17.5 Å². The summed E-state index contributed by atoms with van der Waals surface area (Å²) in [7, 11) is 1.55. The highest BCUT2D eigenvalue weighted by atomic mass is 127. The summed E-state index contributed by atoms with van der Waals surface area (Å²) in [4.78, 5) is 27.5. The first-order valence-electron chi connectivity index (χ1n) is 8.41. The van der Waals surface area contributed by atoms with E-state index in [9.17, 15) is 9.59 Å². The van der Waals surface area contributed by atoms with Gasteiger partial charge in [0.05, 0.1) is 15.6 Å². The molecule has 0 saturated carbocycles. The quantitative estimate of drug-likeness (QED) is 0.440. The molecule has 1 heterocycles. The SMILES string of the molecule is COc1cc(/C=C2\SC(NC(C)=O)=NC2=O)cc(I)c1OCc1ccccc1Cl. The van der Waals surface area contributed by atoms with Crippen LogP contribution in [0.4, 0.5) is 0 Å². The number of amides is 2. The predicted molar refractivity (Wildman–Crippen MR) is 123 cm³/mol. The number of nitrogens with one attached hydrogen (secondary N) is 1. The van der Waals surface area contributed by atoms with Gasteiger partial charge in [-0.2, -0.15) is 4.99 Å². The van der Waals surface area contributed by atoms with E-state index < -0.39 is 5.91 Å². The number of methoxy groups -OCH3 is 1. The monoisotopic (exact) mass is 542 g/mol. The van der Waals surface area contributed by atoms with Crippen molar-refractivity contribution in [1.29, 1.82) is 0 Å². The van der Waals surface area contributed by atoms with Crippen molar-refractivity contribution in [2.75, 3.05) is 7.11 Å². The molecule has 0 aliphatic carbocycles. The summed E-state index contributed by atoms with van der Waals surface area (Å²) < 4.78 is 12.3. The van der Waals surface area contributed by atoms with Crippen molar-refractivity contribution in [1.82, 2.24) is 5.32 Å². The highest BCUT2D eigenvalue weighted by molar-refractivity contribution is 14.1. The zero-order valence-electron chi connectivity index (χ0n) is 15.5. The minimum absolute atomic E-state index is 0.273. The Morgan fingerprint density at radius 2 is 2.10 bits per heavy atom. The lowest BCUT2D eigenvalue weighted by Crippen LogP contribution is -2.23. The van der Waals surface area contributed by atoms with Gasteiger partial charge in [-0.15, -0.1) is 0 Å². The molecule has 1 aliphatic heterocycles. The zero-order chi connectivity index (χ0) is 21.0. The summed E-state index contributed by atoms with van der Waals surface area (Å²) in [5.41, 5.74) is 1.63. The summed E-state index contributed by atoms with van der Waals surface area (Å²) in [6.07, 6.45) is 1.70. The summed E-state index contributed by atoms with van der Waals surface area (Å²) >= 11 is 9.46. The van der Waals surface area contributed by atoms with Crippen molar-refractivity contribution in [3.05, 3.63) is 61.0 Å². The Morgan fingerprint density at radius 1 is 1.34 bits per heavy atom. The molecular weight excluding hydrogens is 527 g/mol. The van der Waals surface area contributed by atoms with E-state index in [1.807, 2.05) is 30.3 Å². The van der Waals surface area contributed by atoms with Crippen LogP contribution in [0, 0.1) is 3.57 Å². The van der Waals surface area contributed by atoms with E-state index in [2.05, 4.69) is 32.9 Å². The van der Waals surface area contributed by atoms with Crippen LogP contribution in [0.1, 0.15) is 18.1 Å². The Bertz CT molecular complexity index is 1040. The first kappa shape index (κ1) is 21.7. The molecule has 0 saturated heterocycles. The van der Waals surface area contributed by atoms with Crippen LogP contribution >= 0.6 is 46.0 Å². The Morgan fingerprint density at radius 3 is 2.79 bits per heavy atom. The lowest BCUT2D eigenvalue weighted by atomic mass is 10.2. The lowest BCUT2D eigenvalue weighted by molar-refractivity contribution is -0.117. The van der Waals surface area contributed by atoms with Crippen molar-refractivity contribution < 1.29 is 19.1 Å². The molecule has 150 valence electrons. The third kappa shape index (κ3) is 5.52. The maximum Gasteiger partial charge on any atom is 0.286 e. The molecule has 2 amide bonds. The van der Waals surface area contributed by atoms with Crippen LogP contribution in [-0.4, -0.2) is 24.1 Å². The molecule has 6 nitrogen and oxygen atoms in total. The van der Waals surface area contributed by atoms with E-state index in [1.54, 1.807) is 19.3 Å². The summed E-state index contributed by atoms with van der Waals surface area (Å²) in [5.74, 6) is 0.457. The van der Waals surface area contributed by atoms with Crippen molar-refractivity contribution in [3.63, 3.8) is 0 Å². The van der Waals surface area contributed by atoms with E-state index in [4.69, 9.17) is 21.1 Å². The topological polar surface area (TPSA) is 77.0 Å². The number of aliphatic imine (C=N–C) groups is 1. The molecule has 0 atom stereocenters. The number of benzene rings is 2. The number of nitrogens with zero attached hydrogens (tertiary/aromatic N) is 1. The molecule has 0 radical (unpaired) electrons. The fourth-order valence-corrected chi connectivity index (χ4v) is 4.32. The van der Waals surface area contributed by atoms with E-state index in [0.717, 1.165) is 26.5 Å². The minimum atomic E-state index is -0.397. The number of halogens is 2. The van der Waals surface area contributed by atoms with E-state index >= 15 is 0 Å². The highest BCUT2D eigenvalue weighted by Gasteiger charge is 2.23. The number of hydrogen-bond acceptors (Lipinski definition) is 5. The van der Waals surface area contributed by atoms with Gasteiger partial charge in [0.25, 0.3) is 5.91 Å². The number of carbonyl (C=O) groups is 2. The van der Waals surface area contributed by atoms with Gasteiger partial charge in [0.15, 0.2) is 16.7 Å². The largest absolute Gasteiger partial charge is 0.493 e. The van der Waals surface area contributed by atoms with Crippen molar-refractivity contribution in [3.8, 4) is 11.5 Å². The fraction of sp³-hybridized carbons (Fsp3) is 0.150. The number of rotatable bonds is 5. The van der Waals surface area contributed by atoms with Gasteiger partial charge in [-0.05, 0) is 64.2 Å². The molecule has 0 unspecified atom stereocenters. The average molecular weight is 543 g/mol. The minimum Gasteiger partial charge on any atom is -0.493 e. The molecule has 1 aliphatic rings. The summed E-state index contributed by atoms with van der Waals surface area (Å²) in [5, 5.41) is 3.43. The van der Waals surface area contributed by atoms with Crippen molar-refractivity contribution >= 4 is 69.0 Å². The second-order valence-corrected chi connectivity index (χ2v) is 8.53. The number of ether oxygens (including phenoxy) is 2. The first-order valence-corrected chi connectivity index (χ1v) is 10.7. The van der Waals surface area contributed by atoms with Crippen molar-refractivity contribution in [2.24, 2.45) is 4.99 Å². The Hall–Kier alpha value is -2.04. The molecule has 1 N–H and O–H groups in total. The molecule has 2 aromatic rings. The Labute approximate surface area is 190 Å². The van der Waals surface area contributed by atoms with Gasteiger partial charge < -0.3 is 14.8 Å². The van der Waals surface area contributed by atoms with Gasteiger partial charge in [-0.25, -0.2) is 0 Å². The maximum atomic E-state index is 12.1. The van der Waals surface area contributed by atoms with Crippen molar-refractivity contribution in [2.45, 2.75) is 13.5 Å². The number of thioether (sulfide) groups is 1. The second kappa shape index (κ2) is 9.64. The van der Waals surface area contributed by atoms with Crippen LogP contribution in [0.2, 0.25) is 5.02 Å². The summed E-state index contributed by atoms with van der Waals surface area (Å²) in [6, 6.07) is 11.1. The van der Waals surface area contributed by atoms with Gasteiger partial charge in [0.1, 0.15) is 6.61 Å². The summed E-state index contributed by atoms with van der Waals surface area (Å²) in [6.45, 7) is 1.67. The van der Waals surface area contributed by atoms with E-state index in [0.29, 0.717) is 28.0 Å². The molecule has 3 rings (SSSR count). The van der Waals surface area contributed by atoms with Crippen LogP contribution in [0.25, 0.3) is 6.08 Å². The number of carbonyl (C=O) groups excluding carboxylic acids is 2. The molecule has 9 heteroatoms. The number of amidine groups is 1. The van der Waals surface area contributed by atoms with Crippen LogP contribution < -0.4 is 14.8 Å². The predicted octanol–water partition coefficient (Wildman–Crippen LogP) is 4.64. The van der Waals surface area contributed by atoms with Crippen LogP contribution in [-0.2, 0) is 16.2 Å². The third-order valence-electron chi connectivity index (χ3n) is 3.78. The lowest BCUT2D eigenvalue weighted by Gasteiger charge is -2.14. The third-order valence-corrected chi connectivity index (χ3v) is 5.85.